The van der Waals surface area contributed by atoms with Crippen LogP contribution >= 0.6 is 0 Å². The molecule has 4 heteroatoms. The van der Waals surface area contributed by atoms with E-state index in [4.69, 9.17) is 5.73 Å². The highest BCUT2D eigenvalue weighted by Crippen LogP contribution is 2.11. The number of amides is 1. The maximum Gasteiger partial charge on any atom is 0.254 e. The van der Waals surface area contributed by atoms with Gasteiger partial charge in [0.05, 0.1) is 5.56 Å². The lowest BCUT2D eigenvalue weighted by atomic mass is 10.1. The summed E-state index contributed by atoms with van der Waals surface area (Å²) in [4.78, 5) is 11.7. The number of carbonyl (C=O) groups excluding carboxylic acids is 1. The molecule has 3 N–H and O–H groups in total. The average molecular weight is 224 g/mol. The monoisotopic (exact) mass is 224 g/mol. The minimum Gasteiger partial charge on any atom is -0.350 e. The van der Waals surface area contributed by atoms with E-state index in [-0.39, 0.29) is 5.56 Å². The number of carbonyl (C=O) groups is 1. The van der Waals surface area contributed by atoms with Gasteiger partial charge in [-0.05, 0) is 32.4 Å². The SMILES string of the molecule is Cc1cccc(C(=O)NCC(C)(C)N)c1F. The fourth-order valence-corrected chi connectivity index (χ4v) is 1.23. The van der Waals surface area contributed by atoms with Gasteiger partial charge in [-0.25, -0.2) is 4.39 Å². The summed E-state index contributed by atoms with van der Waals surface area (Å²) in [5.41, 5.74) is 5.73. The molecule has 1 amide bonds. The first kappa shape index (κ1) is 12.6. The van der Waals surface area contributed by atoms with Gasteiger partial charge in [-0.3, -0.25) is 4.79 Å². The molecule has 0 bridgehead atoms. The molecule has 0 aliphatic rings. The Kier molecular flexibility index (Phi) is 3.65. The molecule has 88 valence electrons. The van der Waals surface area contributed by atoms with Gasteiger partial charge in [-0.2, -0.15) is 0 Å². The first-order valence-electron chi connectivity index (χ1n) is 5.13. The minimum atomic E-state index is -0.504. The van der Waals surface area contributed by atoms with Gasteiger partial charge in [0, 0.05) is 12.1 Å². The third kappa shape index (κ3) is 3.31. The summed E-state index contributed by atoms with van der Waals surface area (Å²) in [6.07, 6.45) is 0. The molecule has 0 aliphatic heterocycles. The molecule has 0 atom stereocenters. The number of nitrogens with one attached hydrogen (secondary N) is 1. The summed E-state index contributed by atoms with van der Waals surface area (Å²) in [5, 5.41) is 2.60. The van der Waals surface area contributed by atoms with Crippen molar-refractivity contribution in [3.05, 3.63) is 35.1 Å². The Morgan fingerprint density at radius 3 is 2.69 bits per heavy atom. The van der Waals surface area contributed by atoms with E-state index in [1.54, 1.807) is 32.9 Å². The zero-order valence-corrected chi connectivity index (χ0v) is 9.80. The fraction of sp³-hybridized carbons (Fsp3) is 0.417. The Morgan fingerprint density at radius 2 is 2.12 bits per heavy atom. The second-order valence-corrected chi connectivity index (χ2v) is 4.61. The van der Waals surface area contributed by atoms with Crippen LogP contribution in [0.4, 0.5) is 4.39 Å². The Labute approximate surface area is 94.8 Å². The third-order valence-corrected chi connectivity index (χ3v) is 2.14. The quantitative estimate of drug-likeness (QED) is 0.819. The van der Waals surface area contributed by atoms with Crippen LogP contribution < -0.4 is 11.1 Å². The number of aryl methyl sites for hydroxylation is 1. The summed E-state index contributed by atoms with van der Waals surface area (Å²) in [6, 6.07) is 4.74. The van der Waals surface area contributed by atoms with Crippen LogP contribution in [0.1, 0.15) is 29.8 Å². The van der Waals surface area contributed by atoms with Crippen molar-refractivity contribution in [1.29, 1.82) is 0 Å². The van der Waals surface area contributed by atoms with Crippen LogP contribution in [-0.2, 0) is 0 Å². The number of nitrogens with two attached hydrogens (primary N) is 1. The van der Waals surface area contributed by atoms with Gasteiger partial charge >= 0.3 is 0 Å². The molecular weight excluding hydrogens is 207 g/mol. The van der Waals surface area contributed by atoms with Gasteiger partial charge in [0.2, 0.25) is 0 Å². The predicted octanol–water partition coefficient (Wildman–Crippen LogP) is 1.60. The van der Waals surface area contributed by atoms with Gasteiger partial charge in [0.25, 0.3) is 5.91 Å². The molecular formula is C12H17FN2O. The highest BCUT2D eigenvalue weighted by molar-refractivity contribution is 5.94. The molecule has 1 aromatic rings. The van der Waals surface area contributed by atoms with Crippen molar-refractivity contribution in [3.63, 3.8) is 0 Å². The number of benzene rings is 1. The fourth-order valence-electron chi connectivity index (χ4n) is 1.23. The molecule has 0 saturated heterocycles. The van der Waals surface area contributed by atoms with E-state index in [1.165, 1.54) is 6.07 Å². The van der Waals surface area contributed by atoms with Crippen molar-refractivity contribution in [1.82, 2.24) is 5.32 Å². The average Bonchev–Trinajstić information content (AvgIpc) is 2.17. The zero-order chi connectivity index (χ0) is 12.3. The van der Waals surface area contributed by atoms with Crippen LogP contribution in [-0.4, -0.2) is 18.0 Å². The van der Waals surface area contributed by atoms with E-state index < -0.39 is 17.3 Å². The highest BCUT2D eigenvalue weighted by atomic mass is 19.1. The number of hydrogen-bond donors (Lipinski definition) is 2. The Morgan fingerprint density at radius 1 is 1.50 bits per heavy atom. The van der Waals surface area contributed by atoms with Gasteiger partial charge in [0.15, 0.2) is 0 Å². The third-order valence-electron chi connectivity index (χ3n) is 2.14. The van der Waals surface area contributed by atoms with E-state index >= 15 is 0 Å². The summed E-state index contributed by atoms with van der Waals surface area (Å²) in [5.74, 6) is -0.908. The highest BCUT2D eigenvalue weighted by Gasteiger charge is 2.16. The molecule has 0 spiro atoms. The molecule has 1 aromatic carbocycles. The van der Waals surface area contributed by atoms with Crippen LogP contribution in [0.3, 0.4) is 0 Å². The van der Waals surface area contributed by atoms with Crippen LogP contribution in [0.5, 0.6) is 0 Å². The predicted molar refractivity (Wildman–Crippen MR) is 61.7 cm³/mol. The van der Waals surface area contributed by atoms with Crippen molar-refractivity contribution < 1.29 is 9.18 Å². The van der Waals surface area contributed by atoms with E-state index in [0.717, 1.165) is 0 Å². The van der Waals surface area contributed by atoms with Gasteiger partial charge in [-0.1, -0.05) is 12.1 Å². The molecule has 0 heterocycles. The number of hydrogen-bond acceptors (Lipinski definition) is 2. The Balaban J connectivity index is 2.78. The van der Waals surface area contributed by atoms with Crippen molar-refractivity contribution in [2.75, 3.05) is 6.54 Å². The summed E-state index contributed by atoms with van der Waals surface area (Å²) < 4.78 is 13.6. The molecule has 0 fully saturated rings. The molecule has 16 heavy (non-hydrogen) atoms. The smallest absolute Gasteiger partial charge is 0.254 e. The number of halogens is 1. The molecule has 0 unspecified atom stereocenters. The first-order valence-corrected chi connectivity index (χ1v) is 5.13. The topological polar surface area (TPSA) is 55.1 Å². The molecule has 3 nitrogen and oxygen atoms in total. The summed E-state index contributed by atoms with van der Waals surface area (Å²) in [6.45, 7) is 5.51. The van der Waals surface area contributed by atoms with Crippen molar-refractivity contribution in [2.24, 2.45) is 5.73 Å². The van der Waals surface area contributed by atoms with Crippen LogP contribution in [0.25, 0.3) is 0 Å². The lowest BCUT2D eigenvalue weighted by Gasteiger charge is -2.19. The van der Waals surface area contributed by atoms with Gasteiger partial charge in [0.1, 0.15) is 5.82 Å². The van der Waals surface area contributed by atoms with E-state index in [2.05, 4.69) is 5.32 Å². The summed E-state index contributed by atoms with van der Waals surface area (Å²) in [7, 11) is 0. The second-order valence-electron chi connectivity index (χ2n) is 4.61. The Bertz CT molecular complexity index is 396. The molecule has 0 aromatic heterocycles. The van der Waals surface area contributed by atoms with Crippen molar-refractivity contribution in [3.8, 4) is 0 Å². The number of rotatable bonds is 3. The lowest BCUT2D eigenvalue weighted by molar-refractivity contribution is 0.0942. The van der Waals surface area contributed by atoms with Crippen LogP contribution in [0, 0.1) is 12.7 Å². The molecule has 0 aliphatic carbocycles. The normalized spacial score (nSPS) is 11.3. The maximum atomic E-state index is 13.6. The standard InChI is InChI=1S/C12H17FN2O/c1-8-5-4-6-9(10(8)13)11(16)15-7-12(2,3)14/h4-6H,7,14H2,1-3H3,(H,15,16). The van der Waals surface area contributed by atoms with Gasteiger partial charge < -0.3 is 11.1 Å². The summed E-state index contributed by atoms with van der Waals surface area (Å²) >= 11 is 0. The molecule has 0 radical (unpaired) electrons. The van der Waals surface area contributed by atoms with E-state index in [9.17, 15) is 9.18 Å². The first-order chi connectivity index (χ1) is 7.31. The Hall–Kier alpha value is -1.42. The van der Waals surface area contributed by atoms with Crippen molar-refractivity contribution in [2.45, 2.75) is 26.3 Å². The van der Waals surface area contributed by atoms with Gasteiger partial charge in [-0.15, -0.1) is 0 Å². The van der Waals surface area contributed by atoms with Crippen LogP contribution in [0.15, 0.2) is 18.2 Å². The maximum absolute atomic E-state index is 13.6. The largest absolute Gasteiger partial charge is 0.350 e. The van der Waals surface area contributed by atoms with E-state index in [1.807, 2.05) is 0 Å². The van der Waals surface area contributed by atoms with Crippen molar-refractivity contribution >= 4 is 5.91 Å². The zero-order valence-electron chi connectivity index (χ0n) is 9.80. The van der Waals surface area contributed by atoms with Crippen LogP contribution in [0.2, 0.25) is 0 Å². The minimum absolute atomic E-state index is 0.0595. The second kappa shape index (κ2) is 4.61. The molecule has 1 rings (SSSR count). The molecule has 0 saturated carbocycles. The lowest BCUT2D eigenvalue weighted by Crippen LogP contribution is -2.45. The van der Waals surface area contributed by atoms with E-state index in [0.29, 0.717) is 12.1 Å².